The normalized spacial score (nSPS) is 29.5. The quantitative estimate of drug-likeness (QED) is 0.556. The van der Waals surface area contributed by atoms with Crippen LogP contribution in [0.15, 0.2) is 0 Å². The van der Waals surface area contributed by atoms with Crippen molar-refractivity contribution in [3.05, 3.63) is 0 Å². The smallest absolute Gasteiger partial charge is 0.0255 e. The summed E-state index contributed by atoms with van der Waals surface area (Å²) in [6.07, 6.45) is 5.62. The summed E-state index contributed by atoms with van der Waals surface area (Å²) in [5, 5.41) is 2.53. The van der Waals surface area contributed by atoms with Gasteiger partial charge in [-0.05, 0) is 19.3 Å². The summed E-state index contributed by atoms with van der Waals surface area (Å²) in [5.41, 5.74) is 0. The average molecular weight is 172 g/mol. The molecule has 0 saturated carbocycles. The van der Waals surface area contributed by atoms with E-state index in [-0.39, 0.29) is 0 Å². The molecule has 2 heterocycles. The minimum absolute atomic E-state index is 1.28. The molecule has 0 aromatic rings. The minimum Gasteiger partial charge on any atom is -0.232 e. The molecular weight excluding hydrogens is 156 g/mol. The zero-order valence-electron chi connectivity index (χ0n) is 6.96. The van der Waals surface area contributed by atoms with Crippen molar-refractivity contribution in [3.63, 3.8) is 0 Å². The Morgan fingerprint density at radius 3 is 2.27 bits per heavy atom. The summed E-state index contributed by atoms with van der Waals surface area (Å²) in [6.45, 7) is 3.88. The van der Waals surface area contributed by atoms with Crippen molar-refractivity contribution in [1.82, 2.24) is 9.42 Å². The zero-order chi connectivity index (χ0) is 7.52. The second-order valence-corrected chi connectivity index (χ2v) is 4.36. The van der Waals surface area contributed by atoms with Gasteiger partial charge in [0.1, 0.15) is 0 Å². The molecule has 2 nitrogen and oxygen atoms in total. The lowest BCUT2D eigenvalue weighted by Crippen LogP contribution is -2.39. The molecule has 2 fully saturated rings. The first-order chi connectivity index (χ1) is 5.47. The highest BCUT2D eigenvalue weighted by atomic mass is 32.2. The Hall–Kier alpha value is 0.270. The van der Waals surface area contributed by atoms with Gasteiger partial charge in [0.15, 0.2) is 0 Å². The Labute approximate surface area is 73.0 Å². The molecule has 0 atom stereocenters. The predicted molar refractivity (Wildman–Crippen MR) is 49.2 cm³/mol. The summed E-state index contributed by atoms with van der Waals surface area (Å²) < 4.78 is 2.47. The predicted octanol–water partition coefficient (Wildman–Crippen LogP) is 1.74. The highest BCUT2D eigenvalue weighted by Gasteiger charge is 2.21. The third-order valence-corrected chi connectivity index (χ3v) is 3.56. The van der Waals surface area contributed by atoms with E-state index in [2.05, 4.69) is 9.42 Å². The van der Waals surface area contributed by atoms with Gasteiger partial charge < -0.3 is 0 Å². The Morgan fingerprint density at radius 2 is 1.64 bits per heavy atom. The van der Waals surface area contributed by atoms with Gasteiger partial charge in [0.25, 0.3) is 0 Å². The summed E-state index contributed by atoms with van der Waals surface area (Å²) >= 11 is 2.01. The first-order valence-corrected chi connectivity index (χ1v) is 5.56. The van der Waals surface area contributed by atoms with Crippen LogP contribution in [0.1, 0.15) is 25.7 Å². The van der Waals surface area contributed by atoms with Crippen LogP contribution < -0.4 is 0 Å². The molecule has 0 bridgehead atoms. The highest BCUT2D eigenvalue weighted by Crippen LogP contribution is 2.24. The van der Waals surface area contributed by atoms with Crippen molar-refractivity contribution in [2.75, 3.05) is 25.4 Å². The number of piperidine rings is 1. The molecule has 0 amide bonds. The van der Waals surface area contributed by atoms with E-state index >= 15 is 0 Å². The monoisotopic (exact) mass is 172 g/mol. The van der Waals surface area contributed by atoms with Crippen molar-refractivity contribution in [1.29, 1.82) is 0 Å². The van der Waals surface area contributed by atoms with E-state index in [1.807, 2.05) is 11.9 Å². The Bertz CT molecular complexity index is 117. The molecule has 2 rings (SSSR count). The first kappa shape index (κ1) is 7.90. The van der Waals surface area contributed by atoms with Gasteiger partial charge in [-0.25, -0.2) is 5.01 Å². The number of nitrogens with zero attached hydrogens (tertiary/aromatic N) is 2. The number of hydrogen-bond acceptors (Lipinski definition) is 3. The standard InChI is InChI=1S/C8H16N2S/c1-2-5-9(6-3-1)10-7-4-8-11-10/h1-8H2. The molecule has 0 radical (unpaired) electrons. The molecule has 0 unspecified atom stereocenters. The maximum atomic E-state index is 2.53. The topological polar surface area (TPSA) is 6.48 Å². The van der Waals surface area contributed by atoms with Crippen molar-refractivity contribution < 1.29 is 0 Å². The average Bonchev–Trinajstić information content (AvgIpc) is 2.58. The number of hydrogen-bond donors (Lipinski definition) is 0. The van der Waals surface area contributed by atoms with Crippen molar-refractivity contribution >= 4 is 11.9 Å². The third kappa shape index (κ3) is 1.89. The molecule has 0 aromatic heterocycles. The first-order valence-electron chi connectivity index (χ1n) is 4.62. The van der Waals surface area contributed by atoms with Gasteiger partial charge in [-0.15, -0.1) is 0 Å². The lowest BCUT2D eigenvalue weighted by molar-refractivity contribution is 0.0564. The molecule has 64 valence electrons. The van der Waals surface area contributed by atoms with Crippen LogP contribution in [0, 0.1) is 0 Å². The van der Waals surface area contributed by atoms with Crippen LogP contribution in [0.25, 0.3) is 0 Å². The van der Waals surface area contributed by atoms with E-state index in [1.54, 1.807) is 0 Å². The molecular formula is C8H16N2S. The zero-order valence-corrected chi connectivity index (χ0v) is 7.78. The summed E-state index contributed by atoms with van der Waals surface area (Å²) in [7, 11) is 0. The number of hydrazine groups is 1. The minimum atomic E-state index is 1.28. The Balaban J connectivity index is 1.82. The molecule has 0 spiro atoms. The van der Waals surface area contributed by atoms with E-state index in [0.717, 1.165) is 0 Å². The summed E-state index contributed by atoms with van der Waals surface area (Å²) in [6, 6.07) is 0. The Morgan fingerprint density at radius 1 is 0.818 bits per heavy atom. The van der Waals surface area contributed by atoms with Crippen molar-refractivity contribution in [2.45, 2.75) is 25.7 Å². The van der Waals surface area contributed by atoms with Gasteiger partial charge in [-0.2, -0.15) is 4.41 Å². The molecule has 0 aromatic carbocycles. The maximum absolute atomic E-state index is 2.53. The Kier molecular flexibility index (Phi) is 2.72. The van der Waals surface area contributed by atoms with Crippen molar-refractivity contribution in [3.8, 4) is 0 Å². The fourth-order valence-electron chi connectivity index (χ4n) is 1.76. The van der Waals surface area contributed by atoms with E-state index in [1.165, 1.54) is 51.1 Å². The van der Waals surface area contributed by atoms with Crippen LogP contribution >= 0.6 is 11.9 Å². The molecule has 0 aliphatic carbocycles. The largest absolute Gasteiger partial charge is 0.232 e. The van der Waals surface area contributed by atoms with Crippen LogP contribution in [0.3, 0.4) is 0 Å². The lowest BCUT2D eigenvalue weighted by Gasteiger charge is -2.33. The van der Waals surface area contributed by atoms with E-state index < -0.39 is 0 Å². The summed E-state index contributed by atoms with van der Waals surface area (Å²) in [5.74, 6) is 1.33. The fourth-order valence-corrected chi connectivity index (χ4v) is 2.81. The van der Waals surface area contributed by atoms with Crippen LogP contribution in [0.4, 0.5) is 0 Å². The SMILES string of the molecule is C1CCN(N2CCCS2)CC1. The van der Waals surface area contributed by atoms with Crippen LogP contribution in [-0.2, 0) is 0 Å². The van der Waals surface area contributed by atoms with Gasteiger partial charge >= 0.3 is 0 Å². The molecule has 11 heavy (non-hydrogen) atoms. The molecule has 2 aliphatic rings. The maximum Gasteiger partial charge on any atom is 0.0255 e. The van der Waals surface area contributed by atoms with E-state index in [4.69, 9.17) is 0 Å². The lowest BCUT2D eigenvalue weighted by atomic mass is 10.2. The number of rotatable bonds is 1. The highest BCUT2D eigenvalue weighted by molar-refractivity contribution is 7.97. The molecule has 0 N–H and O–H groups in total. The van der Waals surface area contributed by atoms with Gasteiger partial charge in [0, 0.05) is 25.4 Å². The van der Waals surface area contributed by atoms with E-state index in [0.29, 0.717) is 0 Å². The van der Waals surface area contributed by atoms with Crippen LogP contribution in [0.2, 0.25) is 0 Å². The van der Waals surface area contributed by atoms with Gasteiger partial charge in [-0.1, -0.05) is 18.4 Å². The van der Waals surface area contributed by atoms with Gasteiger partial charge in [-0.3, -0.25) is 0 Å². The molecule has 2 saturated heterocycles. The molecule has 3 heteroatoms. The van der Waals surface area contributed by atoms with E-state index in [9.17, 15) is 0 Å². The van der Waals surface area contributed by atoms with Gasteiger partial charge in [0.05, 0.1) is 0 Å². The van der Waals surface area contributed by atoms with Gasteiger partial charge in [0.2, 0.25) is 0 Å². The van der Waals surface area contributed by atoms with Crippen molar-refractivity contribution in [2.24, 2.45) is 0 Å². The van der Waals surface area contributed by atoms with Crippen LogP contribution in [0.5, 0.6) is 0 Å². The third-order valence-electron chi connectivity index (χ3n) is 2.38. The molecule has 2 aliphatic heterocycles. The fraction of sp³-hybridized carbons (Fsp3) is 1.00. The van der Waals surface area contributed by atoms with Crippen LogP contribution in [-0.4, -0.2) is 34.8 Å². The summed E-state index contributed by atoms with van der Waals surface area (Å²) in [4.78, 5) is 0. The second-order valence-electron chi connectivity index (χ2n) is 3.28. The second kappa shape index (κ2) is 3.78.